The van der Waals surface area contributed by atoms with Gasteiger partial charge in [0.15, 0.2) is 0 Å². The van der Waals surface area contributed by atoms with E-state index < -0.39 is 0 Å². The van der Waals surface area contributed by atoms with Crippen LogP contribution in [0.25, 0.3) is 0 Å². The van der Waals surface area contributed by atoms with Gasteiger partial charge in [0, 0.05) is 11.8 Å². The molecule has 1 aliphatic carbocycles. The molecule has 16 heavy (non-hydrogen) atoms. The van der Waals surface area contributed by atoms with E-state index >= 15 is 0 Å². The Labute approximate surface area is 96.4 Å². The van der Waals surface area contributed by atoms with E-state index in [9.17, 15) is 4.79 Å². The smallest absolute Gasteiger partial charge is 0.255 e. The summed E-state index contributed by atoms with van der Waals surface area (Å²) in [5, 5.41) is 2.84. The van der Waals surface area contributed by atoms with Gasteiger partial charge in [-0.3, -0.25) is 4.79 Å². The van der Waals surface area contributed by atoms with E-state index in [4.69, 9.17) is 0 Å². The fourth-order valence-electron chi connectivity index (χ4n) is 1.83. The van der Waals surface area contributed by atoms with Gasteiger partial charge in [0.05, 0.1) is 0 Å². The average Bonchev–Trinajstić information content (AvgIpc) is 2.38. The molecule has 1 aromatic rings. The second-order valence-electron chi connectivity index (χ2n) is 4.01. The van der Waals surface area contributed by atoms with Crippen LogP contribution in [0, 0.1) is 6.42 Å². The molecule has 1 fully saturated rings. The number of benzene rings is 1. The number of carbonyl (C=O) groups excluding carboxylic acids is 1. The van der Waals surface area contributed by atoms with E-state index in [1.807, 2.05) is 36.5 Å². The molecular formula is C14H16NO. The Morgan fingerprint density at radius 1 is 1.19 bits per heavy atom. The minimum Gasteiger partial charge on any atom is -0.329 e. The number of amides is 1. The van der Waals surface area contributed by atoms with Crippen LogP contribution < -0.4 is 5.32 Å². The van der Waals surface area contributed by atoms with Crippen LogP contribution in [0.3, 0.4) is 0 Å². The molecule has 0 spiro atoms. The van der Waals surface area contributed by atoms with Crippen molar-refractivity contribution in [1.82, 2.24) is 5.32 Å². The first-order valence-electron chi connectivity index (χ1n) is 5.74. The van der Waals surface area contributed by atoms with Crippen LogP contribution in [0.4, 0.5) is 0 Å². The molecule has 2 rings (SSSR count). The van der Waals surface area contributed by atoms with Gasteiger partial charge in [-0.2, -0.15) is 0 Å². The van der Waals surface area contributed by atoms with Gasteiger partial charge in [0.25, 0.3) is 5.91 Å². The summed E-state index contributed by atoms with van der Waals surface area (Å²) in [6.07, 6.45) is 8.75. The van der Waals surface area contributed by atoms with Gasteiger partial charge >= 0.3 is 0 Å². The molecule has 0 aromatic heterocycles. The van der Waals surface area contributed by atoms with Gasteiger partial charge < -0.3 is 5.32 Å². The fourth-order valence-corrected chi connectivity index (χ4v) is 1.83. The Bertz CT molecular complexity index is 373. The zero-order valence-corrected chi connectivity index (χ0v) is 9.28. The van der Waals surface area contributed by atoms with Crippen molar-refractivity contribution in [3.05, 3.63) is 54.1 Å². The molecule has 0 bridgehead atoms. The molecule has 1 amide bonds. The quantitative estimate of drug-likeness (QED) is 0.805. The number of allylic oxidation sites excluding steroid dienone is 1. The van der Waals surface area contributed by atoms with E-state index in [2.05, 4.69) is 11.7 Å². The van der Waals surface area contributed by atoms with Gasteiger partial charge in [-0.25, -0.2) is 0 Å². The van der Waals surface area contributed by atoms with E-state index in [1.165, 1.54) is 18.4 Å². The largest absolute Gasteiger partial charge is 0.329 e. The van der Waals surface area contributed by atoms with Crippen molar-refractivity contribution >= 4 is 5.91 Å². The second-order valence-corrected chi connectivity index (χ2v) is 4.01. The van der Waals surface area contributed by atoms with Crippen LogP contribution in [-0.4, -0.2) is 5.91 Å². The van der Waals surface area contributed by atoms with E-state index in [0.717, 1.165) is 12.8 Å². The van der Waals surface area contributed by atoms with Crippen LogP contribution in [0.2, 0.25) is 0 Å². The summed E-state index contributed by atoms with van der Waals surface area (Å²) in [5.74, 6) is -0.0351. The molecule has 0 atom stereocenters. The third-order valence-electron chi connectivity index (χ3n) is 2.75. The summed E-state index contributed by atoms with van der Waals surface area (Å²) in [4.78, 5) is 11.7. The van der Waals surface area contributed by atoms with Crippen LogP contribution in [0.1, 0.15) is 36.0 Å². The monoisotopic (exact) mass is 214 g/mol. The summed E-state index contributed by atoms with van der Waals surface area (Å²) >= 11 is 0. The Balaban J connectivity index is 1.92. The molecule has 0 unspecified atom stereocenters. The molecule has 1 radical (unpaired) electrons. The SMILES string of the molecule is O=C(NC=C1[CH]CCCC1)c1ccccc1. The number of carbonyl (C=O) groups is 1. The van der Waals surface area contributed by atoms with Crippen molar-refractivity contribution in [2.45, 2.75) is 25.7 Å². The second kappa shape index (κ2) is 5.50. The fraction of sp³-hybridized carbons (Fsp3) is 0.286. The first kappa shape index (κ1) is 10.9. The summed E-state index contributed by atoms with van der Waals surface area (Å²) < 4.78 is 0. The topological polar surface area (TPSA) is 29.1 Å². The van der Waals surface area contributed by atoms with Crippen LogP contribution in [0.5, 0.6) is 0 Å². The lowest BCUT2D eigenvalue weighted by atomic mass is 9.96. The molecular weight excluding hydrogens is 198 g/mol. The Morgan fingerprint density at radius 3 is 2.69 bits per heavy atom. The molecule has 2 nitrogen and oxygen atoms in total. The highest BCUT2D eigenvalue weighted by molar-refractivity contribution is 5.94. The zero-order valence-electron chi connectivity index (χ0n) is 9.28. The lowest BCUT2D eigenvalue weighted by Crippen LogP contribution is -2.18. The van der Waals surface area contributed by atoms with E-state index in [-0.39, 0.29) is 5.91 Å². The van der Waals surface area contributed by atoms with Gasteiger partial charge in [-0.05, 0) is 37.8 Å². The maximum atomic E-state index is 11.7. The first-order chi connectivity index (χ1) is 7.86. The third-order valence-corrected chi connectivity index (χ3v) is 2.75. The van der Waals surface area contributed by atoms with Crippen LogP contribution >= 0.6 is 0 Å². The van der Waals surface area contributed by atoms with Crippen molar-refractivity contribution in [3.8, 4) is 0 Å². The van der Waals surface area contributed by atoms with Crippen molar-refractivity contribution in [1.29, 1.82) is 0 Å². The lowest BCUT2D eigenvalue weighted by Gasteiger charge is -2.13. The van der Waals surface area contributed by atoms with Gasteiger partial charge in [0.1, 0.15) is 0 Å². The number of hydrogen-bond acceptors (Lipinski definition) is 1. The maximum absolute atomic E-state index is 11.7. The minimum absolute atomic E-state index is 0.0351. The highest BCUT2D eigenvalue weighted by atomic mass is 16.1. The Kier molecular flexibility index (Phi) is 3.76. The third kappa shape index (κ3) is 2.96. The predicted molar refractivity (Wildman–Crippen MR) is 64.8 cm³/mol. The highest BCUT2D eigenvalue weighted by Gasteiger charge is 2.06. The highest BCUT2D eigenvalue weighted by Crippen LogP contribution is 2.20. The Hall–Kier alpha value is -1.57. The predicted octanol–water partition coefficient (Wildman–Crippen LogP) is 3.08. The molecule has 0 saturated heterocycles. The van der Waals surface area contributed by atoms with Gasteiger partial charge in [-0.15, -0.1) is 0 Å². The molecule has 83 valence electrons. The molecule has 1 saturated carbocycles. The minimum atomic E-state index is -0.0351. The number of nitrogens with one attached hydrogen (secondary N) is 1. The lowest BCUT2D eigenvalue weighted by molar-refractivity contribution is 0.0969. The van der Waals surface area contributed by atoms with Gasteiger partial charge in [-0.1, -0.05) is 30.2 Å². The van der Waals surface area contributed by atoms with Gasteiger partial charge in [0.2, 0.25) is 0 Å². The average molecular weight is 214 g/mol. The van der Waals surface area contributed by atoms with Crippen molar-refractivity contribution in [2.75, 3.05) is 0 Å². The zero-order chi connectivity index (χ0) is 11.2. The Morgan fingerprint density at radius 2 is 2.00 bits per heavy atom. The first-order valence-corrected chi connectivity index (χ1v) is 5.74. The normalized spacial score (nSPS) is 18.4. The molecule has 0 aliphatic heterocycles. The molecule has 2 heteroatoms. The van der Waals surface area contributed by atoms with Crippen molar-refractivity contribution in [3.63, 3.8) is 0 Å². The van der Waals surface area contributed by atoms with E-state index in [0.29, 0.717) is 5.56 Å². The summed E-state index contributed by atoms with van der Waals surface area (Å²) in [7, 11) is 0. The maximum Gasteiger partial charge on any atom is 0.255 e. The summed E-state index contributed by atoms with van der Waals surface area (Å²) in [5.41, 5.74) is 1.95. The number of rotatable bonds is 2. The van der Waals surface area contributed by atoms with Crippen molar-refractivity contribution in [2.24, 2.45) is 0 Å². The molecule has 0 heterocycles. The summed E-state index contributed by atoms with van der Waals surface area (Å²) in [6.45, 7) is 0. The van der Waals surface area contributed by atoms with Crippen molar-refractivity contribution < 1.29 is 4.79 Å². The molecule has 1 aromatic carbocycles. The summed E-state index contributed by atoms with van der Waals surface area (Å²) in [6, 6.07) is 9.28. The van der Waals surface area contributed by atoms with Crippen LogP contribution in [-0.2, 0) is 0 Å². The number of hydrogen-bond donors (Lipinski definition) is 1. The molecule has 1 aliphatic rings. The molecule has 1 N–H and O–H groups in total. The van der Waals surface area contributed by atoms with Crippen LogP contribution in [0.15, 0.2) is 42.1 Å². The standard InChI is InChI=1S/C14H16NO/c16-14(13-9-5-2-6-10-13)15-11-12-7-3-1-4-8-12/h2,5-7,9-11H,1,3-4,8H2,(H,15,16). The van der Waals surface area contributed by atoms with E-state index in [1.54, 1.807) is 0 Å².